The minimum absolute atomic E-state index is 0.000324. The van der Waals surface area contributed by atoms with Crippen molar-refractivity contribution >= 4 is 5.97 Å². The lowest BCUT2D eigenvalue weighted by atomic mass is 9.96. The second-order valence-corrected chi connectivity index (χ2v) is 2.84. The van der Waals surface area contributed by atoms with Crippen LogP contribution in [0.4, 0.5) is 0 Å². The van der Waals surface area contributed by atoms with E-state index in [1.165, 1.54) is 0 Å². The van der Waals surface area contributed by atoms with Crippen LogP contribution in [0.25, 0.3) is 0 Å². The van der Waals surface area contributed by atoms with Crippen LogP contribution in [0.3, 0.4) is 0 Å². The summed E-state index contributed by atoms with van der Waals surface area (Å²) in [6, 6.07) is 0. The Labute approximate surface area is 71.8 Å². The van der Waals surface area contributed by atoms with Crippen molar-refractivity contribution in [3.63, 3.8) is 0 Å². The molecule has 4 nitrogen and oxygen atoms in total. The van der Waals surface area contributed by atoms with E-state index in [0.717, 1.165) is 0 Å². The van der Waals surface area contributed by atoms with Gasteiger partial charge in [0.25, 0.3) is 0 Å². The summed E-state index contributed by atoms with van der Waals surface area (Å²) in [5.41, 5.74) is 0. The first-order chi connectivity index (χ1) is 5.70. The highest BCUT2D eigenvalue weighted by molar-refractivity contribution is 5.66. The van der Waals surface area contributed by atoms with Gasteiger partial charge in [0.15, 0.2) is 0 Å². The largest absolute Gasteiger partial charge is 0.481 e. The van der Waals surface area contributed by atoms with Crippen molar-refractivity contribution < 1.29 is 20.1 Å². The first-order valence-electron chi connectivity index (χ1n) is 4.14. The maximum Gasteiger partial charge on any atom is 0.303 e. The molecule has 1 unspecified atom stereocenters. The number of carbonyl (C=O) groups is 1. The average molecular weight is 176 g/mol. The monoisotopic (exact) mass is 176 g/mol. The smallest absolute Gasteiger partial charge is 0.303 e. The van der Waals surface area contributed by atoms with Gasteiger partial charge >= 0.3 is 5.97 Å². The summed E-state index contributed by atoms with van der Waals surface area (Å²) >= 11 is 0. The molecule has 0 aliphatic carbocycles. The molecule has 0 saturated heterocycles. The van der Waals surface area contributed by atoms with Crippen LogP contribution < -0.4 is 0 Å². The molecule has 0 aliphatic rings. The molecule has 72 valence electrons. The predicted octanol–water partition coefficient (Wildman–Crippen LogP) is 0.232. The second kappa shape index (κ2) is 7.06. The summed E-state index contributed by atoms with van der Waals surface area (Å²) in [6.07, 6.45) is 1.87. The van der Waals surface area contributed by atoms with Crippen molar-refractivity contribution in [1.29, 1.82) is 0 Å². The first kappa shape index (κ1) is 11.4. The normalized spacial score (nSPS) is 12.8. The third kappa shape index (κ3) is 6.12. The second-order valence-electron chi connectivity index (χ2n) is 2.84. The van der Waals surface area contributed by atoms with Crippen molar-refractivity contribution in [2.24, 2.45) is 5.92 Å². The van der Waals surface area contributed by atoms with Crippen molar-refractivity contribution in [2.45, 2.75) is 25.7 Å². The Balaban J connectivity index is 3.61. The van der Waals surface area contributed by atoms with Crippen molar-refractivity contribution in [2.75, 3.05) is 13.2 Å². The Morgan fingerprint density at radius 3 is 2.25 bits per heavy atom. The highest BCUT2D eigenvalue weighted by atomic mass is 16.4. The van der Waals surface area contributed by atoms with Gasteiger partial charge in [-0.15, -0.1) is 0 Å². The lowest BCUT2D eigenvalue weighted by Crippen LogP contribution is -2.10. The fourth-order valence-electron chi connectivity index (χ4n) is 1.16. The Morgan fingerprint density at radius 1 is 1.17 bits per heavy atom. The molecule has 0 radical (unpaired) electrons. The lowest BCUT2D eigenvalue weighted by Gasteiger charge is -2.11. The van der Waals surface area contributed by atoms with Gasteiger partial charge in [-0.2, -0.15) is 0 Å². The number of rotatable bonds is 7. The molecule has 0 aromatic rings. The molecular weight excluding hydrogens is 160 g/mol. The van der Waals surface area contributed by atoms with Crippen molar-refractivity contribution in [3.05, 3.63) is 0 Å². The van der Waals surface area contributed by atoms with Crippen LogP contribution >= 0.6 is 0 Å². The predicted molar refractivity (Wildman–Crippen MR) is 43.8 cm³/mol. The minimum atomic E-state index is -0.841. The summed E-state index contributed by atoms with van der Waals surface area (Å²) in [6.45, 7) is 0.102. The van der Waals surface area contributed by atoms with Crippen molar-refractivity contribution in [3.8, 4) is 0 Å². The molecule has 1 atom stereocenters. The number of carboxylic acid groups (broad SMARTS) is 1. The maximum absolute atomic E-state index is 10.3. The third-order valence-corrected chi connectivity index (χ3v) is 1.77. The summed E-state index contributed by atoms with van der Waals surface area (Å²) in [5, 5.41) is 25.6. The molecule has 0 bridgehead atoms. The number of carboxylic acids is 1. The highest BCUT2D eigenvalue weighted by Gasteiger charge is 2.11. The van der Waals surface area contributed by atoms with Crippen LogP contribution in [0, 0.1) is 5.92 Å². The summed E-state index contributed by atoms with van der Waals surface area (Å²) in [4.78, 5) is 10.3. The van der Waals surface area contributed by atoms with E-state index in [2.05, 4.69) is 0 Å². The Hall–Kier alpha value is -0.610. The molecule has 0 fully saturated rings. The molecule has 0 aliphatic heterocycles. The van der Waals surface area contributed by atoms with Gasteiger partial charge in [-0.3, -0.25) is 4.79 Å². The van der Waals surface area contributed by atoms with Crippen LogP contribution in [0.5, 0.6) is 0 Å². The van der Waals surface area contributed by atoms with Gasteiger partial charge in [0.1, 0.15) is 0 Å². The Morgan fingerprint density at radius 2 is 1.83 bits per heavy atom. The molecule has 4 heteroatoms. The van der Waals surface area contributed by atoms with Crippen LogP contribution in [-0.4, -0.2) is 34.5 Å². The zero-order valence-corrected chi connectivity index (χ0v) is 7.07. The van der Waals surface area contributed by atoms with Gasteiger partial charge in [0, 0.05) is 19.6 Å². The molecule has 12 heavy (non-hydrogen) atoms. The molecule has 0 spiro atoms. The van der Waals surface area contributed by atoms with E-state index in [9.17, 15) is 4.79 Å². The molecule has 0 amide bonds. The van der Waals surface area contributed by atoms with E-state index in [-0.39, 0.29) is 25.6 Å². The zero-order valence-electron chi connectivity index (χ0n) is 7.07. The topological polar surface area (TPSA) is 77.8 Å². The third-order valence-electron chi connectivity index (χ3n) is 1.77. The standard InChI is InChI=1S/C8H16O4/c9-4-1-2-7(3-5-10)6-8(11)12/h7,9-10H,1-6H2,(H,11,12). The summed E-state index contributed by atoms with van der Waals surface area (Å²) in [5.74, 6) is -0.842. The fourth-order valence-corrected chi connectivity index (χ4v) is 1.16. The van der Waals surface area contributed by atoms with Crippen LogP contribution in [0.1, 0.15) is 25.7 Å². The average Bonchev–Trinajstić information content (AvgIpc) is 2.00. The molecule has 0 saturated carbocycles. The molecule has 0 rings (SSSR count). The number of aliphatic hydroxyl groups excluding tert-OH is 2. The van der Waals surface area contributed by atoms with E-state index in [4.69, 9.17) is 15.3 Å². The van der Waals surface area contributed by atoms with E-state index >= 15 is 0 Å². The molecule has 0 heterocycles. The zero-order chi connectivity index (χ0) is 9.40. The van der Waals surface area contributed by atoms with Crippen LogP contribution in [0.15, 0.2) is 0 Å². The maximum atomic E-state index is 10.3. The SMILES string of the molecule is O=C(O)CC(CCO)CCCO. The van der Waals surface area contributed by atoms with Gasteiger partial charge in [-0.1, -0.05) is 0 Å². The highest BCUT2D eigenvalue weighted by Crippen LogP contribution is 2.14. The molecule has 3 N–H and O–H groups in total. The Bertz CT molecular complexity index is 124. The van der Waals surface area contributed by atoms with E-state index in [1.807, 2.05) is 0 Å². The fraction of sp³-hybridized carbons (Fsp3) is 0.875. The van der Waals surface area contributed by atoms with E-state index < -0.39 is 5.97 Å². The number of hydrogen-bond donors (Lipinski definition) is 3. The van der Waals surface area contributed by atoms with Gasteiger partial charge in [0.2, 0.25) is 0 Å². The molecular formula is C8H16O4. The van der Waals surface area contributed by atoms with Gasteiger partial charge in [0.05, 0.1) is 0 Å². The molecule has 0 aromatic heterocycles. The number of aliphatic hydroxyl groups is 2. The van der Waals surface area contributed by atoms with Gasteiger partial charge in [-0.05, 0) is 25.2 Å². The van der Waals surface area contributed by atoms with Gasteiger partial charge in [-0.25, -0.2) is 0 Å². The minimum Gasteiger partial charge on any atom is -0.481 e. The summed E-state index contributed by atoms with van der Waals surface area (Å²) < 4.78 is 0. The van der Waals surface area contributed by atoms with Crippen LogP contribution in [-0.2, 0) is 4.79 Å². The van der Waals surface area contributed by atoms with E-state index in [1.54, 1.807) is 0 Å². The first-order valence-corrected chi connectivity index (χ1v) is 4.14. The van der Waals surface area contributed by atoms with E-state index in [0.29, 0.717) is 19.3 Å². The molecule has 0 aromatic carbocycles. The quantitative estimate of drug-likeness (QED) is 0.519. The number of aliphatic carboxylic acids is 1. The Kier molecular flexibility index (Phi) is 6.70. The van der Waals surface area contributed by atoms with Gasteiger partial charge < -0.3 is 15.3 Å². The summed E-state index contributed by atoms with van der Waals surface area (Å²) in [7, 11) is 0. The lowest BCUT2D eigenvalue weighted by molar-refractivity contribution is -0.138. The number of hydrogen-bond acceptors (Lipinski definition) is 3. The van der Waals surface area contributed by atoms with Crippen LogP contribution in [0.2, 0.25) is 0 Å². The van der Waals surface area contributed by atoms with Crippen molar-refractivity contribution in [1.82, 2.24) is 0 Å².